The van der Waals surface area contributed by atoms with E-state index in [1.165, 1.54) is 52.9 Å². The predicted molar refractivity (Wildman–Crippen MR) is 99.5 cm³/mol. The Bertz CT molecular complexity index is 926. The summed E-state index contributed by atoms with van der Waals surface area (Å²) in [5.74, 6) is 0.701. The largest absolute Gasteiger partial charge is 0.368 e. The molecule has 1 aliphatic carbocycles. The molecule has 2 unspecified atom stereocenters. The van der Waals surface area contributed by atoms with E-state index in [0.717, 1.165) is 0 Å². The Labute approximate surface area is 137 Å². The van der Waals surface area contributed by atoms with Crippen LogP contribution in [0.15, 0.2) is 48.5 Å². The summed E-state index contributed by atoms with van der Waals surface area (Å²) in [5, 5.41) is 5.45. The van der Waals surface area contributed by atoms with Crippen molar-refractivity contribution in [2.45, 2.75) is 44.1 Å². The maximum absolute atomic E-state index is 2.57. The van der Waals surface area contributed by atoms with Gasteiger partial charge in [-0.2, -0.15) is 0 Å². The van der Waals surface area contributed by atoms with Crippen molar-refractivity contribution >= 4 is 27.2 Å². The fourth-order valence-corrected chi connectivity index (χ4v) is 5.05. The van der Waals surface area contributed by atoms with Gasteiger partial charge in [0.2, 0.25) is 0 Å². The van der Waals surface area contributed by atoms with Gasteiger partial charge in [0.05, 0.1) is 0 Å². The fourth-order valence-electron chi connectivity index (χ4n) is 5.05. The van der Waals surface area contributed by atoms with Crippen LogP contribution in [0.3, 0.4) is 0 Å². The highest BCUT2D eigenvalue weighted by Crippen LogP contribution is 2.54. The lowest BCUT2D eigenvalue weighted by Gasteiger charge is -2.42. The Morgan fingerprint density at radius 2 is 1.61 bits per heavy atom. The highest BCUT2D eigenvalue weighted by Gasteiger charge is 2.47. The first-order valence-electron chi connectivity index (χ1n) is 8.87. The Kier molecular flexibility index (Phi) is 2.63. The summed E-state index contributed by atoms with van der Waals surface area (Å²) in [5.41, 5.74) is 3.36. The molecule has 5 rings (SSSR count). The number of hydrogen-bond donors (Lipinski definition) is 0. The van der Waals surface area contributed by atoms with E-state index in [4.69, 9.17) is 0 Å². The predicted octanol–water partition coefficient (Wildman–Crippen LogP) is 5.86. The van der Waals surface area contributed by atoms with Crippen LogP contribution in [-0.2, 0) is 0 Å². The van der Waals surface area contributed by atoms with Gasteiger partial charge in [-0.15, -0.1) is 0 Å². The van der Waals surface area contributed by atoms with Gasteiger partial charge in [0.1, 0.15) is 0 Å². The smallest absolute Gasteiger partial charge is 0.0440 e. The number of likely N-dealkylation sites (N-methyl/N-ethyl adjacent to an activating group) is 1. The third kappa shape index (κ3) is 1.74. The lowest BCUT2D eigenvalue weighted by Crippen LogP contribution is -2.45. The van der Waals surface area contributed by atoms with Crippen LogP contribution in [0.25, 0.3) is 21.5 Å². The lowest BCUT2D eigenvalue weighted by atomic mass is 9.73. The van der Waals surface area contributed by atoms with Crippen molar-refractivity contribution < 1.29 is 0 Å². The summed E-state index contributed by atoms with van der Waals surface area (Å²) in [6.45, 7) is 2.47. The topological polar surface area (TPSA) is 3.24 Å². The molecule has 1 heterocycles. The van der Waals surface area contributed by atoms with E-state index in [0.29, 0.717) is 11.5 Å². The van der Waals surface area contributed by atoms with Gasteiger partial charge in [0, 0.05) is 24.2 Å². The summed E-state index contributed by atoms with van der Waals surface area (Å²) in [4.78, 5) is 2.57. The summed E-state index contributed by atoms with van der Waals surface area (Å²) < 4.78 is 0. The molecule has 0 N–H and O–H groups in total. The molecule has 1 saturated carbocycles. The summed E-state index contributed by atoms with van der Waals surface area (Å²) in [7, 11) is 2.30. The molecule has 1 heteroatoms. The van der Waals surface area contributed by atoms with Crippen LogP contribution in [0.1, 0.15) is 44.1 Å². The zero-order valence-electron chi connectivity index (χ0n) is 14.0. The zero-order chi connectivity index (χ0) is 15.6. The third-order valence-electron chi connectivity index (χ3n) is 6.53. The van der Waals surface area contributed by atoms with Gasteiger partial charge in [-0.3, -0.25) is 0 Å². The van der Waals surface area contributed by atoms with E-state index >= 15 is 0 Å². The van der Waals surface area contributed by atoms with E-state index < -0.39 is 0 Å². The molecule has 3 aromatic carbocycles. The van der Waals surface area contributed by atoms with Gasteiger partial charge < -0.3 is 4.90 Å². The molecule has 0 aromatic heterocycles. The maximum Gasteiger partial charge on any atom is 0.0440 e. The van der Waals surface area contributed by atoms with Crippen LogP contribution in [0.5, 0.6) is 0 Å². The van der Waals surface area contributed by atoms with Crippen molar-refractivity contribution in [1.29, 1.82) is 0 Å². The number of nitrogens with zero attached hydrogens (tertiary/aromatic N) is 1. The van der Waals surface area contributed by atoms with Crippen LogP contribution < -0.4 is 4.90 Å². The van der Waals surface area contributed by atoms with Crippen LogP contribution in [0.2, 0.25) is 0 Å². The molecule has 2 aliphatic rings. The molecule has 1 fully saturated rings. The lowest BCUT2D eigenvalue weighted by molar-refractivity contribution is 0.283. The summed E-state index contributed by atoms with van der Waals surface area (Å²) >= 11 is 0. The minimum atomic E-state index is 0.317. The first-order valence-corrected chi connectivity index (χ1v) is 8.87. The van der Waals surface area contributed by atoms with Crippen LogP contribution in [0, 0.1) is 0 Å². The molecule has 23 heavy (non-hydrogen) atoms. The SMILES string of the molecule is CN1c2cc3cc4ccccc4cc3cc2C2CCCCC21C. The summed E-state index contributed by atoms with van der Waals surface area (Å²) in [6.07, 6.45) is 5.41. The molecule has 116 valence electrons. The minimum absolute atomic E-state index is 0.317. The van der Waals surface area contributed by atoms with Gasteiger partial charge in [0.25, 0.3) is 0 Å². The standard InChI is InChI=1S/C22H23N/c1-22-10-6-5-9-20(22)19-13-17-11-15-7-3-4-8-16(15)12-18(17)14-21(19)23(22)2/h3-4,7-8,11-14,20H,5-6,9-10H2,1-2H3. The fraction of sp³-hybridized carbons (Fsp3) is 0.364. The first-order chi connectivity index (χ1) is 11.2. The van der Waals surface area contributed by atoms with Crippen molar-refractivity contribution in [2.75, 3.05) is 11.9 Å². The second kappa shape index (κ2) is 4.50. The second-order valence-corrected chi connectivity index (χ2v) is 7.67. The van der Waals surface area contributed by atoms with E-state index in [9.17, 15) is 0 Å². The normalized spacial score (nSPS) is 26.5. The molecule has 1 aliphatic heterocycles. The van der Waals surface area contributed by atoms with Crippen molar-refractivity contribution in [2.24, 2.45) is 0 Å². The molecule has 0 saturated heterocycles. The van der Waals surface area contributed by atoms with E-state index in [1.807, 2.05) is 0 Å². The van der Waals surface area contributed by atoms with Crippen LogP contribution in [0.4, 0.5) is 5.69 Å². The van der Waals surface area contributed by atoms with Gasteiger partial charge in [-0.25, -0.2) is 0 Å². The zero-order valence-corrected chi connectivity index (χ0v) is 14.0. The number of fused-ring (bicyclic) bond motifs is 5. The van der Waals surface area contributed by atoms with E-state index in [2.05, 4.69) is 67.4 Å². The number of anilines is 1. The van der Waals surface area contributed by atoms with E-state index in [-0.39, 0.29) is 0 Å². The molecule has 0 amide bonds. The van der Waals surface area contributed by atoms with Gasteiger partial charge in [0.15, 0.2) is 0 Å². The molecule has 3 aromatic rings. The average Bonchev–Trinajstić information content (AvgIpc) is 2.79. The summed E-state index contributed by atoms with van der Waals surface area (Å²) in [6, 6.07) is 18.3. The Balaban J connectivity index is 1.78. The highest BCUT2D eigenvalue weighted by molar-refractivity contribution is 6.00. The molecule has 0 bridgehead atoms. The molecule has 0 radical (unpaired) electrons. The average molecular weight is 301 g/mol. The third-order valence-corrected chi connectivity index (χ3v) is 6.53. The van der Waals surface area contributed by atoms with Crippen molar-refractivity contribution in [3.8, 4) is 0 Å². The maximum atomic E-state index is 2.57. The Hall–Kier alpha value is -2.02. The van der Waals surface area contributed by atoms with Crippen molar-refractivity contribution in [3.63, 3.8) is 0 Å². The number of rotatable bonds is 0. The minimum Gasteiger partial charge on any atom is -0.368 e. The monoisotopic (exact) mass is 301 g/mol. The van der Waals surface area contributed by atoms with Crippen molar-refractivity contribution in [1.82, 2.24) is 0 Å². The van der Waals surface area contributed by atoms with E-state index in [1.54, 1.807) is 5.56 Å². The molecule has 1 nitrogen and oxygen atoms in total. The quantitative estimate of drug-likeness (QED) is 0.470. The second-order valence-electron chi connectivity index (χ2n) is 7.67. The highest BCUT2D eigenvalue weighted by atomic mass is 15.2. The molecular weight excluding hydrogens is 278 g/mol. The Morgan fingerprint density at radius 1 is 0.913 bits per heavy atom. The molecule has 2 atom stereocenters. The number of benzene rings is 3. The van der Waals surface area contributed by atoms with Crippen LogP contribution >= 0.6 is 0 Å². The van der Waals surface area contributed by atoms with Gasteiger partial charge in [-0.05, 0) is 71.1 Å². The first kappa shape index (κ1) is 13.4. The van der Waals surface area contributed by atoms with Crippen molar-refractivity contribution in [3.05, 3.63) is 54.1 Å². The van der Waals surface area contributed by atoms with Gasteiger partial charge >= 0.3 is 0 Å². The molecule has 0 spiro atoms. The Morgan fingerprint density at radius 3 is 2.35 bits per heavy atom. The molecular formula is C22H23N. The van der Waals surface area contributed by atoms with Crippen LogP contribution in [-0.4, -0.2) is 12.6 Å². The number of hydrogen-bond acceptors (Lipinski definition) is 1. The van der Waals surface area contributed by atoms with Gasteiger partial charge in [-0.1, -0.05) is 37.1 Å².